The molecular formula is C26H30FN5O3S2. The summed E-state index contributed by atoms with van der Waals surface area (Å²) in [5.74, 6) is -2.15. The average molecular weight is 544 g/mol. The van der Waals surface area contributed by atoms with Gasteiger partial charge in [-0.2, -0.15) is 0 Å². The highest BCUT2D eigenvalue weighted by Crippen LogP contribution is 2.37. The molecule has 2 fully saturated rings. The summed E-state index contributed by atoms with van der Waals surface area (Å²) in [5.41, 5.74) is 2.18. The molecule has 3 aromatic heterocycles. The smallest absolute Gasteiger partial charge is 0.306 e. The van der Waals surface area contributed by atoms with Crippen molar-refractivity contribution in [2.45, 2.75) is 52.1 Å². The second kappa shape index (κ2) is 10.8. The molecule has 5 heterocycles. The number of thiazole rings is 1. The second-order valence-electron chi connectivity index (χ2n) is 9.82. The summed E-state index contributed by atoms with van der Waals surface area (Å²) in [5, 5.41) is 14.6. The SMILES string of the molecule is Cc1csc(-c2nc(NC(=O)c3cnc(N4CCC(C(=O)O)CC4)c(F)c3)sc2CN2CCCC2C)c1. The van der Waals surface area contributed by atoms with Crippen molar-refractivity contribution in [2.24, 2.45) is 5.92 Å². The molecule has 8 nitrogen and oxygen atoms in total. The first-order chi connectivity index (χ1) is 17.8. The third-order valence-corrected chi connectivity index (χ3v) is 9.16. The number of nitrogens with one attached hydrogen (secondary N) is 1. The topological polar surface area (TPSA) is 98.7 Å². The van der Waals surface area contributed by atoms with Crippen LogP contribution in [0.15, 0.2) is 23.7 Å². The third kappa shape index (κ3) is 5.68. The van der Waals surface area contributed by atoms with Crippen molar-refractivity contribution in [3.8, 4) is 10.6 Å². The zero-order valence-electron chi connectivity index (χ0n) is 20.9. The van der Waals surface area contributed by atoms with E-state index in [4.69, 9.17) is 4.98 Å². The number of carbonyl (C=O) groups excluding carboxylic acids is 1. The van der Waals surface area contributed by atoms with Gasteiger partial charge in [-0.15, -0.1) is 11.3 Å². The van der Waals surface area contributed by atoms with E-state index in [1.54, 1.807) is 16.2 Å². The van der Waals surface area contributed by atoms with Crippen LogP contribution >= 0.6 is 22.7 Å². The molecule has 2 aliphatic rings. The average Bonchev–Trinajstić information content (AvgIpc) is 3.59. The number of nitrogens with zero attached hydrogens (tertiary/aromatic N) is 4. The standard InChI is InChI=1S/C26H30FN5O3S2/c1-15-10-20(36-14-15)22-21(13-32-7-3-4-16(32)2)37-26(29-22)30-24(33)18-11-19(27)23(28-12-18)31-8-5-17(6-9-31)25(34)35/h10-12,14,16-17H,3-9,13H2,1-2H3,(H,34,35)(H,29,30,33). The molecular weight excluding hydrogens is 513 g/mol. The van der Waals surface area contributed by atoms with Crippen molar-refractivity contribution in [2.75, 3.05) is 29.9 Å². The van der Waals surface area contributed by atoms with Gasteiger partial charge in [-0.25, -0.2) is 14.4 Å². The summed E-state index contributed by atoms with van der Waals surface area (Å²) < 4.78 is 14.9. The molecule has 3 aromatic rings. The Balaban J connectivity index is 1.32. The number of carboxylic acids is 1. The van der Waals surface area contributed by atoms with Crippen molar-refractivity contribution < 1.29 is 19.1 Å². The Bertz CT molecular complexity index is 1300. The Morgan fingerprint density at radius 1 is 1.22 bits per heavy atom. The molecule has 1 atom stereocenters. The van der Waals surface area contributed by atoms with Crippen molar-refractivity contribution in [1.29, 1.82) is 0 Å². The van der Waals surface area contributed by atoms with Crippen molar-refractivity contribution in [3.05, 3.63) is 45.5 Å². The summed E-state index contributed by atoms with van der Waals surface area (Å²) in [4.78, 5) is 39.5. The van der Waals surface area contributed by atoms with E-state index < -0.39 is 23.6 Å². The molecule has 37 heavy (non-hydrogen) atoms. The molecule has 5 rings (SSSR count). The maximum absolute atomic E-state index is 14.9. The van der Waals surface area contributed by atoms with Gasteiger partial charge >= 0.3 is 5.97 Å². The lowest BCUT2D eigenvalue weighted by Gasteiger charge is -2.31. The summed E-state index contributed by atoms with van der Waals surface area (Å²) in [6.45, 7) is 6.95. The fraction of sp³-hybridized carbons (Fsp3) is 0.462. The molecule has 2 saturated heterocycles. The Hall–Kier alpha value is -2.89. The number of anilines is 2. The van der Waals surface area contributed by atoms with Gasteiger partial charge in [0.05, 0.1) is 22.1 Å². The first-order valence-electron chi connectivity index (χ1n) is 12.5. The second-order valence-corrected chi connectivity index (χ2v) is 11.8. The summed E-state index contributed by atoms with van der Waals surface area (Å²) in [6.07, 6.45) is 4.60. The van der Waals surface area contributed by atoms with Crippen LogP contribution in [0.5, 0.6) is 0 Å². The van der Waals surface area contributed by atoms with Crippen LogP contribution in [-0.2, 0) is 11.3 Å². The molecule has 11 heteroatoms. The van der Waals surface area contributed by atoms with E-state index in [9.17, 15) is 19.1 Å². The number of amides is 1. The number of hydrogen-bond donors (Lipinski definition) is 2. The molecule has 0 aromatic carbocycles. The predicted octanol–water partition coefficient (Wildman–Crippen LogP) is 5.25. The molecule has 2 aliphatic heterocycles. The minimum absolute atomic E-state index is 0.111. The van der Waals surface area contributed by atoms with Gasteiger partial charge in [-0.3, -0.25) is 19.8 Å². The molecule has 2 N–H and O–H groups in total. The van der Waals surface area contributed by atoms with E-state index in [1.807, 2.05) is 0 Å². The van der Waals surface area contributed by atoms with E-state index >= 15 is 0 Å². The lowest BCUT2D eigenvalue weighted by atomic mass is 9.97. The van der Waals surface area contributed by atoms with Gasteiger partial charge in [0.15, 0.2) is 16.8 Å². The molecule has 0 aliphatic carbocycles. The fourth-order valence-corrected chi connectivity index (χ4v) is 6.94. The van der Waals surface area contributed by atoms with E-state index in [0.717, 1.165) is 28.5 Å². The highest BCUT2D eigenvalue weighted by molar-refractivity contribution is 7.17. The Morgan fingerprint density at radius 2 is 2.00 bits per heavy atom. The van der Waals surface area contributed by atoms with Gasteiger partial charge in [-0.05, 0) is 69.2 Å². The summed E-state index contributed by atoms with van der Waals surface area (Å²) in [6, 6.07) is 3.81. The maximum Gasteiger partial charge on any atom is 0.306 e. The number of carboxylic acid groups (broad SMARTS) is 1. The molecule has 0 radical (unpaired) electrons. The minimum Gasteiger partial charge on any atom is -0.481 e. The monoisotopic (exact) mass is 543 g/mol. The number of aromatic nitrogens is 2. The van der Waals surface area contributed by atoms with E-state index in [-0.39, 0.29) is 11.4 Å². The number of aliphatic carboxylic acids is 1. The Morgan fingerprint density at radius 3 is 2.62 bits per heavy atom. The zero-order chi connectivity index (χ0) is 26.1. The molecule has 1 amide bonds. The number of carbonyl (C=O) groups is 2. The van der Waals surface area contributed by atoms with Crippen LogP contribution in [0.1, 0.15) is 53.4 Å². The van der Waals surface area contributed by atoms with Crippen LogP contribution in [0.2, 0.25) is 0 Å². The number of pyridine rings is 1. The van der Waals surface area contributed by atoms with Gasteiger partial charge in [0.1, 0.15) is 0 Å². The van der Waals surface area contributed by atoms with Gasteiger partial charge < -0.3 is 10.0 Å². The molecule has 0 spiro atoms. The number of aryl methyl sites for hydroxylation is 1. The summed E-state index contributed by atoms with van der Waals surface area (Å²) in [7, 11) is 0. The number of hydrogen-bond acceptors (Lipinski definition) is 8. The van der Waals surface area contributed by atoms with E-state index in [0.29, 0.717) is 37.1 Å². The highest BCUT2D eigenvalue weighted by Gasteiger charge is 2.27. The van der Waals surface area contributed by atoms with Crippen LogP contribution in [0, 0.1) is 18.7 Å². The number of likely N-dealkylation sites (tertiary alicyclic amines) is 1. The van der Waals surface area contributed by atoms with Crippen LogP contribution in [-0.4, -0.2) is 57.5 Å². The maximum atomic E-state index is 14.9. The quantitative estimate of drug-likeness (QED) is 0.420. The number of rotatable bonds is 7. The Labute approximate surface area is 223 Å². The number of thiophene rings is 1. The fourth-order valence-electron chi connectivity index (χ4n) is 4.97. The highest BCUT2D eigenvalue weighted by atomic mass is 32.1. The molecule has 0 bridgehead atoms. The lowest BCUT2D eigenvalue weighted by molar-refractivity contribution is -0.142. The lowest BCUT2D eigenvalue weighted by Crippen LogP contribution is -2.37. The third-order valence-electron chi connectivity index (χ3n) is 7.15. The van der Waals surface area contributed by atoms with Crippen LogP contribution in [0.3, 0.4) is 0 Å². The van der Waals surface area contributed by atoms with Crippen molar-refractivity contribution in [3.63, 3.8) is 0 Å². The minimum atomic E-state index is -0.822. The van der Waals surface area contributed by atoms with E-state index in [1.165, 1.54) is 42.0 Å². The van der Waals surface area contributed by atoms with Gasteiger partial charge in [-0.1, -0.05) is 11.3 Å². The van der Waals surface area contributed by atoms with Gasteiger partial charge in [0.25, 0.3) is 5.91 Å². The normalized spacial score (nSPS) is 18.9. The zero-order valence-corrected chi connectivity index (χ0v) is 22.5. The van der Waals surface area contributed by atoms with Gasteiger partial charge in [0, 0.05) is 36.8 Å². The first kappa shape index (κ1) is 25.7. The number of halogens is 1. The van der Waals surface area contributed by atoms with Crippen LogP contribution in [0.4, 0.5) is 15.3 Å². The largest absolute Gasteiger partial charge is 0.481 e. The Kier molecular flexibility index (Phi) is 7.55. The molecule has 0 saturated carbocycles. The van der Waals surface area contributed by atoms with E-state index in [2.05, 4.69) is 40.5 Å². The first-order valence-corrected chi connectivity index (χ1v) is 14.2. The van der Waals surface area contributed by atoms with Crippen molar-refractivity contribution in [1.82, 2.24) is 14.9 Å². The summed E-state index contributed by atoms with van der Waals surface area (Å²) >= 11 is 3.10. The van der Waals surface area contributed by atoms with Gasteiger partial charge in [0.2, 0.25) is 0 Å². The number of piperidine rings is 1. The van der Waals surface area contributed by atoms with Crippen LogP contribution in [0.25, 0.3) is 10.6 Å². The molecule has 196 valence electrons. The van der Waals surface area contributed by atoms with Crippen LogP contribution < -0.4 is 10.2 Å². The van der Waals surface area contributed by atoms with Crippen molar-refractivity contribution >= 4 is 45.5 Å². The predicted molar refractivity (Wildman–Crippen MR) is 144 cm³/mol. The molecule has 1 unspecified atom stereocenters.